The van der Waals surface area contributed by atoms with Crippen LogP contribution in [-0.4, -0.2) is 41.5 Å². The van der Waals surface area contributed by atoms with Crippen LogP contribution in [0.5, 0.6) is 0 Å². The summed E-state index contributed by atoms with van der Waals surface area (Å²) < 4.78 is 0. The van der Waals surface area contributed by atoms with Crippen molar-refractivity contribution < 1.29 is 9.59 Å². The fraction of sp³-hybridized carbons (Fsp3) is 0.867. The minimum atomic E-state index is -0.645. The van der Waals surface area contributed by atoms with Gasteiger partial charge in [0.05, 0.1) is 0 Å². The average molecular weight is 279 g/mol. The number of amides is 3. The number of hydrogen-bond acceptors (Lipinski definition) is 3. The SMILES string of the molecule is CC1CCCC(C)C12NC(=O)N(C[C@H]1CCCN1)C2=O. The molecule has 20 heavy (non-hydrogen) atoms. The van der Waals surface area contributed by atoms with Crippen LogP contribution in [0.4, 0.5) is 4.79 Å². The van der Waals surface area contributed by atoms with E-state index in [1.807, 2.05) is 0 Å². The first-order chi connectivity index (χ1) is 9.55. The summed E-state index contributed by atoms with van der Waals surface area (Å²) in [6, 6.07) is 0.0818. The van der Waals surface area contributed by atoms with E-state index in [2.05, 4.69) is 24.5 Å². The molecule has 5 heteroatoms. The van der Waals surface area contributed by atoms with E-state index in [9.17, 15) is 9.59 Å². The first-order valence-corrected chi connectivity index (χ1v) is 7.93. The molecule has 1 saturated carbocycles. The molecule has 0 bridgehead atoms. The Labute approximate surface area is 120 Å². The third kappa shape index (κ3) is 1.94. The third-order valence-corrected chi connectivity index (χ3v) is 5.55. The van der Waals surface area contributed by atoms with E-state index in [-0.39, 0.29) is 29.8 Å². The van der Waals surface area contributed by atoms with E-state index in [0.29, 0.717) is 6.54 Å². The van der Waals surface area contributed by atoms with Gasteiger partial charge in [0.2, 0.25) is 0 Å². The normalized spacial score (nSPS) is 41.5. The van der Waals surface area contributed by atoms with Crippen molar-refractivity contribution in [3.05, 3.63) is 0 Å². The van der Waals surface area contributed by atoms with E-state index in [1.54, 1.807) is 0 Å². The first kappa shape index (κ1) is 13.9. The summed E-state index contributed by atoms with van der Waals surface area (Å²) >= 11 is 0. The highest BCUT2D eigenvalue weighted by atomic mass is 16.2. The summed E-state index contributed by atoms with van der Waals surface area (Å²) in [4.78, 5) is 26.7. The van der Waals surface area contributed by atoms with E-state index >= 15 is 0 Å². The van der Waals surface area contributed by atoms with Crippen LogP contribution in [0.2, 0.25) is 0 Å². The molecule has 112 valence electrons. The molecule has 2 saturated heterocycles. The molecule has 0 aromatic carbocycles. The summed E-state index contributed by atoms with van der Waals surface area (Å²) in [5.41, 5.74) is -0.645. The lowest BCUT2D eigenvalue weighted by atomic mass is 9.67. The zero-order chi connectivity index (χ0) is 14.3. The monoisotopic (exact) mass is 279 g/mol. The van der Waals surface area contributed by atoms with Crippen molar-refractivity contribution in [2.45, 2.75) is 57.5 Å². The fourth-order valence-electron chi connectivity index (χ4n) is 4.25. The minimum absolute atomic E-state index is 0.0101. The van der Waals surface area contributed by atoms with Crippen LogP contribution in [-0.2, 0) is 4.79 Å². The van der Waals surface area contributed by atoms with E-state index in [4.69, 9.17) is 0 Å². The highest BCUT2D eigenvalue weighted by molar-refractivity contribution is 6.07. The second kappa shape index (κ2) is 5.02. The fourth-order valence-corrected chi connectivity index (χ4v) is 4.25. The van der Waals surface area contributed by atoms with E-state index < -0.39 is 5.54 Å². The van der Waals surface area contributed by atoms with E-state index in [1.165, 1.54) is 4.90 Å². The number of nitrogens with one attached hydrogen (secondary N) is 2. The molecule has 2 heterocycles. The van der Waals surface area contributed by atoms with Crippen LogP contribution in [0.1, 0.15) is 46.0 Å². The smallest absolute Gasteiger partial charge is 0.323 e. The molecule has 3 amide bonds. The number of urea groups is 1. The number of hydrogen-bond donors (Lipinski definition) is 2. The second-order valence-electron chi connectivity index (χ2n) is 6.74. The summed E-state index contributed by atoms with van der Waals surface area (Å²) in [5, 5.41) is 6.42. The molecule has 3 aliphatic rings. The molecule has 1 aliphatic carbocycles. The molecule has 3 rings (SSSR count). The standard InChI is InChI=1S/C15H25N3O2/c1-10-5-3-6-11(2)15(10)13(19)18(14(20)17-15)9-12-7-4-8-16-12/h10-12,16H,3-9H2,1-2H3,(H,17,20)/t10?,11?,12-,15?/m1/s1. The molecule has 5 nitrogen and oxygen atoms in total. The molecular formula is C15H25N3O2. The lowest BCUT2D eigenvalue weighted by molar-refractivity contribution is -0.136. The maximum absolute atomic E-state index is 12.9. The molecule has 0 aromatic heterocycles. The Morgan fingerprint density at radius 2 is 1.85 bits per heavy atom. The van der Waals surface area contributed by atoms with Gasteiger partial charge in [0, 0.05) is 12.6 Å². The van der Waals surface area contributed by atoms with Crippen molar-refractivity contribution in [1.29, 1.82) is 0 Å². The second-order valence-corrected chi connectivity index (χ2v) is 6.74. The van der Waals surface area contributed by atoms with Crippen molar-refractivity contribution >= 4 is 11.9 Å². The Balaban J connectivity index is 1.81. The van der Waals surface area contributed by atoms with Crippen molar-refractivity contribution in [2.24, 2.45) is 11.8 Å². The van der Waals surface area contributed by atoms with Crippen LogP contribution in [0, 0.1) is 11.8 Å². The third-order valence-electron chi connectivity index (χ3n) is 5.55. The van der Waals surface area contributed by atoms with Crippen LogP contribution < -0.4 is 10.6 Å². The van der Waals surface area contributed by atoms with Gasteiger partial charge in [-0.1, -0.05) is 20.3 Å². The number of nitrogens with zero attached hydrogens (tertiary/aromatic N) is 1. The maximum Gasteiger partial charge on any atom is 0.325 e. The summed E-state index contributed by atoms with van der Waals surface area (Å²) in [6.45, 7) is 5.72. The number of imide groups is 1. The summed E-state index contributed by atoms with van der Waals surface area (Å²) in [5.74, 6) is 0.462. The highest BCUT2D eigenvalue weighted by Crippen LogP contribution is 2.42. The van der Waals surface area contributed by atoms with Crippen LogP contribution >= 0.6 is 0 Å². The lowest BCUT2D eigenvalue weighted by Crippen LogP contribution is -2.59. The Kier molecular flexibility index (Phi) is 3.48. The van der Waals surface area contributed by atoms with Gasteiger partial charge in [-0.15, -0.1) is 0 Å². The van der Waals surface area contributed by atoms with Crippen molar-refractivity contribution in [2.75, 3.05) is 13.1 Å². The topological polar surface area (TPSA) is 61.4 Å². The maximum atomic E-state index is 12.9. The molecule has 3 atom stereocenters. The summed E-state index contributed by atoms with van der Waals surface area (Å²) in [6.07, 6.45) is 5.37. The Morgan fingerprint density at radius 1 is 1.15 bits per heavy atom. The molecule has 0 aromatic rings. The van der Waals surface area contributed by atoms with Crippen LogP contribution in [0.25, 0.3) is 0 Å². The number of carbonyl (C=O) groups is 2. The van der Waals surface area contributed by atoms with Crippen molar-refractivity contribution in [3.8, 4) is 0 Å². The van der Waals surface area contributed by atoms with Crippen LogP contribution in [0.15, 0.2) is 0 Å². The predicted molar refractivity (Wildman–Crippen MR) is 76.2 cm³/mol. The molecular weight excluding hydrogens is 254 g/mol. The van der Waals surface area contributed by atoms with Gasteiger partial charge in [-0.2, -0.15) is 0 Å². The van der Waals surface area contributed by atoms with Gasteiger partial charge in [-0.3, -0.25) is 9.69 Å². The lowest BCUT2D eigenvalue weighted by Gasteiger charge is -2.42. The first-order valence-electron chi connectivity index (χ1n) is 7.93. The molecule has 2 aliphatic heterocycles. The molecule has 0 radical (unpaired) electrons. The van der Waals surface area contributed by atoms with Crippen LogP contribution in [0.3, 0.4) is 0 Å². The molecule has 2 unspecified atom stereocenters. The van der Waals surface area contributed by atoms with Gasteiger partial charge in [0.1, 0.15) is 5.54 Å². The molecule has 2 N–H and O–H groups in total. The summed E-state index contributed by atoms with van der Waals surface area (Å²) in [7, 11) is 0. The van der Waals surface area contributed by atoms with Gasteiger partial charge >= 0.3 is 6.03 Å². The Hall–Kier alpha value is -1.10. The number of rotatable bonds is 2. The van der Waals surface area contributed by atoms with Gasteiger partial charge in [-0.05, 0) is 44.1 Å². The van der Waals surface area contributed by atoms with Gasteiger partial charge in [0.25, 0.3) is 5.91 Å². The van der Waals surface area contributed by atoms with Gasteiger partial charge < -0.3 is 10.6 Å². The molecule has 1 spiro atoms. The number of carbonyl (C=O) groups excluding carboxylic acids is 2. The van der Waals surface area contributed by atoms with E-state index in [0.717, 1.165) is 38.6 Å². The Morgan fingerprint density at radius 3 is 2.45 bits per heavy atom. The van der Waals surface area contributed by atoms with Gasteiger partial charge in [0.15, 0.2) is 0 Å². The molecule has 3 fully saturated rings. The predicted octanol–water partition coefficient (Wildman–Crippen LogP) is 1.49. The average Bonchev–Trinajstić information content (AvgIpc) is 2.99. The highest BCUT2D eigenvalue weighted by Gasteiger charge is 2.58. The minimum Gasteiger partial charge on any atom is -0.323 e. The van der Waals surface area contributed by atoms with Crippen molar-refractivity contribution in [1.82, 2.24) is 15.5 Å². The van der Waals surface area contributed by atoms with Crippen molar-refractivity contribution in [3.63, 3.8) is 0 Å². The largest absolute Gasteiger partial charge is 0.325 e. The zero-order valence-corrected chi connectivity index (χ0v) is 12.4. The Bertz CT molecular complexity index is 407. The van der Waals surface area contributed by atoms with Gasteiger partial charge in [-0.25, -0.2) is 4.79 Å². The zero-order valence-electron chi connectivity index (χ0n) is 12.4. The quantitative estimate of drug-likeness (QED) is 0.753.